The van der Waals surface area contributed by atoms with Gasteiger partial charge in [0.2, 0.25) is 0 Å². The van der Waals surface area contributed by atoms with E-state index < -0.39 is 11.9 Å². The molecule has 12 heavy (non-hydrogen) atoms. The third-order valence-corrected chi connectivity index (χ3v) is 0.368. The minimum Gasteiger partial charge on any atom is -0.478 e. The molecule has 70 valence electrons. The summed E-state index contributed by atoms with van der Waals surface area (Å²) in [6.07, 6.45) is 0.949. The largest absolute Gasteiger partial charge is 0.478 e. The average molecular weight is 176 g/mol. The van der Waals surface area contributed by atoms with Crippen LogP contribution in [-0.4, -0.2) is 33.4 Å². The first-order chi connectivity index (χ1) is 5.36. The molecule has 0 unspecified atom stereocenters. The van der Waals surface area contributed by atoms with Gasteiger partial charge in [0.15, 0.2) is 0 Å². The van der Waals surface area contributed by atoms with Crippen molar-refractivity contribution < 1.29 is 24.9 Å². The maximum atomic E-state index is 9.55. The lowest BCUT2D eigenvalue weighted by Crippen LogP contribution is -1.91. The highest BCUT2D eigenvalue weighted by molar-refractivity contribution is 5.89. The predicted molar refractivity (Wildman–Crippen MR) is 41.8 cm³/mol. The fourth-order valence-corrected chi connectivity index (χ4v) is 0.143. The Balaban J connectivity index is 0. The van der Waals surface area contributed by atoms with Crippen molar-refractivity contribution in [3.8, 4) is 0 Å². The van der Waals surface area contributed by atoms with E-state index in [2.05, 4.69) is 0 Å². The predicted octanol–water partition coefficient (Wildman–Crippen LogP) is 0.0989. The van der Waals surface area contributed by atoms with Gasteiger partial charge in [-0.2, -0.15) is 0 Å². The zero-order valence-electron chi connectivity index (χ0n) is 6.89. The third kappa shape index (κ3) is 38.1. The highest BCUT2D eigenvalue weighted by atomic mass is 16.4. The number of rotatable bonds is 2. The summed E-state index contributed by atoms with van der Waals surface area (Å²) < 4.78 is 0. The van der Waals surface area contributed by atoms with Crippen LogP contribution in [0, 0.1) is 0 Å². The van der Waals surface area contributed by atoms with E-state index in [1.165, 1.54) is 0 Å². The van der Waals surface area contributed by atoms with E-state index in [4.69, 9.17) is 15.3 Å². The van der Waals surface area contributed by atoms with Gasteiger partial charge in [-0.3, -0.25) is 0 Å². The lowest BCUT2D eigenvalue weighted by atomic mass is 10.5. The molecule has 0 saturated heterocycles. The Bertz CT molecular complexity index is 152. The average Bonchev–Trinajstić information content (AvgIpc) is 1.82. The number of hydrogen-bond acceptors (Lipinski definition) is 3. The van der Waals surface area contributed by atoms with E-state index in [1.54, 1.807) is 13.8 Å². The first-order valence-corrected chi connectivity index (χ1v) is 3.18. The number of carboxylic acids is 2. The second-order valence-electron chi connectivity index (χ2n) is 2.10. The van der Waals surface area contributed by atoms with E-state index in [0.717, 1.165) is 0 Å². The molecule has 0 saturated carbocycles. The Morgan fingerprint density at radius 3 is 1.33 bits per heavy atom. The number of aliphatic hydroxyl groups is 1. The monoisotopic (exact) mass is 176 g/mol. The first-order valence-electron chi connectivity index (χ1n) is 3.18. The molecule has 0 aliphatic heterocycles. The summed E-state index contributed by atoms with van der Waals surface area (Å²) in [5.41, 5.74) is 0. The van der Waals surface area contributed by atoms with Crippen LogP contribution in [-0.2, 0) is 9.59 Å². The molecular formula is C7H12O5. The minimum absolute atomic E-state index is 0.167. The maximum absolute atomic E-state index is 9.55. The molecule has 0 fully saturated rings. The zero-order valence-corrected chi connectivity index (χ0v) is 6.89. The van der Waals surface area contributed by atoms with Crippen LogP contribution in [0.15, 0.2) is 12.2 Å². The summed E-state index contributed by atoms with van der Waals surface area (Å²) >= 11 is 0. The number of hydrogen-bond donors (Lipinski definition) is 3. The number of aliphatic hydroxyl groups excluding tert-OH is 1. The lowest BCUT2D eigenvalue weighted by molar-refractivity contribution is -0.134. The zero-order chi connectivity index (χ0) is 10.1. The maximum Gasteiger partial charge on any atom is 0.328 e. The smallest absolute Gasteiger partial charge is 0.328 e. The van der Waals surface area contributed by atoms with Crippen LogP contribution in [0.1, 0.15) is 13.8 Å². The molecule has 5 heteroatoms. The molecule has 0 atom stereocenters. The summed E-state index contributed by atoms with van der Waals surface area (Å²) in [5.74, 6) is -2.51. The van der Waals surface area contributed by atoms with Crippen LogP contribution in [0.25, 0.3) is 0 Å². The molecule has 0 radical (unpaired) electrons. The summed E-state index contributed by atoms with van der Waals surface area (Å²) in [4.78, 5) is 19.1. The highest BCUT2D eigenvalue weighted by Gasteiger charge is 1.88. The molecule has 0 aromatic rings. The van der Waals surface area contributed by atoms with Crippen LogP contribution >= 0.6 is 0 Å². The molecule has 0 bridgehead atoms. The van der Waals surface area contributed by atoms with Gasteiger partial charge in [0.25, 0.3) is 0 Å². The van der Waals surface area contributed by atoms with Crippen LogP contribution in [0.4, 0.5) is 0 Å². The van der Waals surface area contributed by atoms with Crippen LogP contribution in [0.2, 0.25) is 0 Å². The van der Waals surface area contributed by atoms with Crippen molar-refractivity contribution in [3.05, 3.63) is 12.2 Å². The standard InChI is InChI=1S/C4H4O4.C3H8O/c5-3(6)1-2-4(7)8;1-3(2)4/h1-2H,(H,5,6)(H,7,8);3-4H,1-2H3/b2-1+;. The summed E-state index contributed by atoms with van der Waals surface area (Å²) in [5, 5.41) is 23.7. The van der Waals surface area contributed by atoms with Crippen molar-refractivity contribution in [1.29, 1.82) is 0 Å². The molecule has 3 N–H and O–H groups in total. The normalized spacial score (nSPS) is 9.33. The Labute approximate surface area is 70.0 Å². The van der Waals surface area contributed by atoms with Gasteiger partial charge >= 0.3 is 11.9 Å². The highest BCUT2D eigenvalue weighted by Crippen LogP contribution is 1.70. The van der Waals surface area contributed by atoms with E-state index in [0.29, 0.717) is 12.2 Å². The van der Waals surface area contributed by atoms with Gasteiger partial charge in [0.05, 0.1) is 0 Å². The first kappa shape index (κ1) is 13.2. The van der Waals surface area contributed by atoms with Gasteiger partial charge in [0, 0.05) is 18.3 Å². The molecule has 0 heterocycles. The van der Waals surface area contributed by atoms with Crippen molar-refractivity contribution in [2.75, 3.05) is 0 Å². The van der Waals surface area contributed by atoms with Gasteiger partial charge < -0.3 is 15.3 Å². The van der Waals surface area contributed by atoms with Crippen molar-refractivity contribution >= 4 is 11.9 Å². The van der Waals surface area contributed by atoms with Crippen molar-refractivity contribution in [2.24, 2.45) is 0 Å². The Morgan fingerprint density at radius 1 is 1.08 bits per heavy atom. The Hall–Kier alpha value is -1.36. The van der Waals surface area contributed by atoms with E-state index >= 15 is 0 Å². The summed E-state index contributed by atoms with van der Waals surface area (Å²) in [6, 6.07) is 0. The molecule has 0 aromatic heterocycles. The van der Waals surface area contributed by atoms with Crippen LogP contribution in [0.5, 0.6) is 0 Å². The number of carboxylic acid groups (broad SMARTS) is 2. The molecule has 5 nitrogen and oxygen atoms in total. The Morgan fingerprint density at radius 2 is 1.25 bits per heavy atom. The fraction of sp³-hybridized carbons (Fsp3) is 0.429. The van der Waals surface area contributed by atoms with Crippen molar-refractivity contribution in [3.63, 3.8) is 0 Å². The quantitative estimate of drug-likeness (QED) is 0.518. The Kier molecular flexibility index (Phi) is 8.55. The van der Waals surface area contributed by atoms with Crippen molar-refractivity contribution in [1.82, 2.24) is 0 Å². The van der Waals surface area contributed by atoms with E-state index in [1.807, 2.05) is 0 Å². The minimum atomic E-state index is -1.26. The molecule has 0 aliphatic carbocycles. The molecule has 0 spiro atoms. The van der Waals surface area contributed by atoms with Gasteiger partial charge in [-0.1, -0.05) is 0 Å². The SMILES string of the molecule is CC(C)O.O=C(O)/C=C/C(=O)O. The summed E-state index contributed by atoms with van der Waals surface area (Å²) in [6.45, 7) is 3.44. The van der Waals surface area contributed by atoms with Gasteiger partial charge in [-0.15, -0.1) is 0 Å². The number of aliphatic carboxylic acids is 2. The van der Waals surface area contributed by atoms with Gasteiger partial charge in [0.1, 0.15) is 0 Å². The van der Waals surface area contributed by atoms with E-state index in [9.17, 15) is 9.59 Å². The molecule has 0 rings (SSSR count). The molecule has 0 amide bonds. The second-order valence-corrected chi connectivity index (χ2v) is 2.10. The van der Waals surface area contributed by atoms with Crippen LogP contribution in [0.3, 0.4) is 0 Å². The summed E-state index contributed by atoms with van der Waals surface area (Å²) in [7, 11) is 0. The molecule has 0 aromatic carbocycles. The van der Waals surface area contributed by atoms with Crippen LogP contribution < -0.4 is 0 Å². The van der Waals surface area contributed by atoms with E-state index in [-0.39, 0.29) is 6.10 Å². The molecular weight excluding hydrogens is 164 g/mol. The lowest BCUT2D eigenvalue weighted by Gasteiger charge is -1.80. The fourth-order valence-electron chi connectivity index (χ4n) is 0.143. The topological polar surface area (TPSA) is 94.8 Å². The second kappa shape index (κ2) is 7.74. The molecule has 0 aliphatic rings. The third-order valence-electron chi connectivity index (χ3n) is 0.368. The van der Waals surface area contributed by atoms with Gasteiger partial charge in [-0.25, -0.2) is 9.59 Å². The van der Waals surface area contributed by atoms with Crippen molar-refractivity contribution in [2.45, 2.75) is 20.0 Å². The van der Waals surface area contributed by atoms with Gasteiger partial charge in [-0.05, 0) is 13.8 Å². The number of carbonyl (C=O) groups is 2.